The molecule has 1 unspecified atom stereocenters. The number of alkyl halides is 1. The number of hydrogen-bond acceptors (Lipinski definition) is 2. The first-order valence-electron chi connectivity index (χ1n) is 6.17. The van der Waals surface area contributed by atoms with Crippen LogP contribution in [0.5, 0.6) is 0 Å². The van der Waals surface area contributed by atoms with Gasteiger partial charge in [-0.2, -0.15) is 0 Å². The van der Waals surface area contributed by atoms with E-state index < -0.39 is 10.0 Å². The van der Waals surface area contributed by atoms with Crippen LogP contribution in [0.3, 0.4) is 0 Å². The molecule has 96 valence electrons. The summed E-state index contributed by atoms with van der Waals surface area (Å²) in [5.41, 5.74) is 0. The zero-order chi connectivity index (χ0) is 12.0. The lowest BCUT2D eigenvalue weighted by Gasteiger charge is -2.25. The molecule has 1 saturated carbocycles. The standard InChI is InChI=1S/C11H22BrNO2S/c1-2-10(8-9-12)13-16(14,15)11-6-4-3-5-7-11/h10-11,13H,2-9H2,1H3. The maximum absolute atomic E-state index is 12.1. The van der Waals surface area contributed by atoms with E-state index in [0.717, 1.165) is 43.9 Å². The second kappa shape index (κ2) is 6.97. The molecule has 1 aliphatic rings. The summed E-state index contributed by atoms with van der Waals surface area (Å²) in [7, 11) is -3.09. The van der Waals surface area contributed by atoms with E-state index in [4.69, 9.17) is 0 Å². The smallest absolute Gasteiger partial charge is 0.212 e. The van der Waals surface area contributed by atoms with Gasteiger partial charge in [0.15, 0.2) is 0 Å². The molecule has 1 N–H and O–H groups in total. The van der Waals surface area contributed by atoms with Gasteiger partial charge >= 0.3 is 0 Å². The van der Waals surface area contributed by atoms with Crippen molar-refractivity contribution < 1.29 is 8.42 Å². The third-order valence-corrected chi connectivity index (χ3v) is 5.74. The van der Waals surface area contributed by atoms with Crippen LogP contribution in [0.1, 0.15) is 51.9 Å². The van der Waals surface area contributed by atoms with Crippen molar-refractivity contribution in [1.82, 2.24) is 4.72 Å². The minimum absolute atomic E-state index is 0.0892. The monoisotopic (exact) mass is 311 g/mol. The first-order valence-corrected chi connectivity index (χ1v) is 8.84. The Balaban J connectivity index is 2.54. The number of rotatable bonds is 6. The van der Waals surface area contributed by atoms with Gasteiger partial charge < -0.3 is 0 Å². The molecule has 0 radical (unpaired) electrons. The SMILES string of the molecule is CCC(CCBr)NS(=O)(=O)C1CCCCC1. The maximum atomic E-state index is 12.1. The van der Waals surface area contributed by atoms with E-state index in [9.17, 15) is 8.42 Å². The maximum Gasteiger partial charge on any atom is 0.214 e. The summed E-state index contributed by atoms with van der Waals surface area (Å²) in [5, 5.41) is 0.698. The van der Waals surface area contributed by atoms with Crippen LogP contribution in [0.25, 0.3) is 0 Å². The van der Waals surface area contributed by atoms with Gasteiger partial charge in [-0.3, -0.25) is 0 Å². The molecule has 5 heteroatoms. The van der Waals surface area contributed by atoms with Gasteiger partial charge in [0.1, 0.15) is 0 Å². The highest BCUT2D eigenvalue weighted by Crippen LogP contribution is 2.23. The average molecular weight is 312 g/mol. The summed E-state index contributed by atoms with van der Waals surface area (Å²) in [5.74, 6) is 0. The predicted octanol–water partition coefficient (Wildman–Crippen LogP) is 2.80. The highest BCUT2D eigenvalue weighted by molar-refractivity contribution is 9.09. The van der Waals surface area contributed by atoms with Crippen LogP contribution >= 0.6 is 15.9 Å². The van der Waals surface area contributed by atoms with E-state index in [-0.39, 0.29) is 11.3 Å². The van der Waals surface area contributed by atoms with Crippen LogP contribution in [0.2, 0.25) is 0 Å². The molecule has 3 nitrogen and oxygen atoms in total. The second-order valence-corrected chi connectivity index (χ2v) is 7.29. The molecular formula is C11H22BrNO2S. The van der Waals surface area contributed by atoms with Crippen molar-refractivity contribution in [3.63, 3.8) is 0 Å². The zero-order valence-electron chi connectivity index (χ0n) is 9.91. The third-order valence-electron chi connectivity index (χ3n) is 3.27. The molecule has 0 aliphatic heterocycles. The molecule has 1 fully saturated rings. The fourth-order valence-corrected chi connectivity index (χ4v) is 4.63. The van der Waals surface area contributed by atoms with Crippen molar-refractivity contribution in [3.8, 4) is 0 Å². The average Bonchev–Trinajstić information content (AvgIpc) is 2.29. The molecule has 0 spiro atoms. The molecule has 0 aromatic heterocycles. The Labute approximate surface area is 108 Å². The minimum Gasteiger partial charge on any atom is -0.212 e. The van der Waals surface area contributed by atoms with E-state index in [0.29, 0.717) is 0 Å². The normalized spacial score (nSPS) is 20.9. The Morgan fingerprint density at radius 2 is 1.94 bits per heavy atom. The summed E-state index contributed by atoms with van der Waals surface area (Å²) in [6, 6.07) is 0.0892. The van der Waals surface area contributed by atoms with Crippen molar-refractivity contribution in [1.29, 1.82) is 0 Å². The van der Waals surface area contributed by atoms with Crippen LogP contribution in [-0.4, -0.2) is 25.0 Å². The predicted molar refractivity (Wildman–Crippen MR) is 71.4 cm³/mol. The molecule has 1 atom stereocenters. The van der Waals surface area contributed by atoms with Crippen molar-refractivity contribution >= 4 is 26.0 Å². The van der Waals surface area contributed by atoms with E-state index in [2.05, 4.69) is 20.7 Å². The minimum atomic E-state index is -3.09. The van der Waals surface area contributed by atoms with Gasteiger partial charge in [0, 0.05) is 11.4 Å². The van der Waals surface area contributed by atoms with Gasteiger partial charge in [-0.15, -0.1) is 0 Å². The van der Waals surface area contributed by atoms with Gasteiger partial charge in [0.25, 0.3) is 0 Å². The Morgan fingerprint density at radius 3 is 2.44 bits per heavy atom. The van der Waals surface area contributed by atoms with E-state index in [1.54, 1.807) is 0 Å². The summed E-state index contributed by atoms with van der Waals surface area (Å²) >= 11 is 3.36. The van der Waals surface area contributed by atoms with Crippen molar-refractivity contribution in [2.45, 2.75) is 63.2 Å². The highest BCUT2D eigenvalue weighted by Gasteiger charge is 2.28. The summed E-state index contributed by atoms with van der Waals surface area (Å²) in [6.45, 7) is 2.02. The summed E-state index contributed by atoms with van der Waals surface area (Å²) in [4.78, 5) is 0. The van der Waals surface area contributed by atoms with Gasteiger partial charge in [-0.25, -0.2) is 13.1 Å². The summed E-state index contributed by atoms with van der Waals surface area (Å²) < 4.78 is 27.1. The molecule has 0 heterocycles. The van der Waals surface area contributed by atoms with Gasteiger partial charge in [-0.05, 0) is 25.7 Å². The lowest BCUT2D eigenvalue weighted by atomic mass is 10.0. The molecule has 0 aromatic rings. The van der Waals surface area contributed by atoms with E-state index in [1.807, 2.05) is 6.92 Å². The highest BCUT2D eigenvalue weighted by atomic mass is 79.9. The van der Waals surface area contributed by atoms with E-state index >= 15 is 0 Å². The zero-order valence-corrected chi connectivity index (χ0v) is 12.3. The lowest BCUT2D eigenvalue weighted by Crippen LogP contribution is -2.41. The molecule has 0 amide bonds. The van der Waals surface area contributed by atoms with Gasteiger partial charge in [-0.1, -0.05) is 42.1 Å². The number of nitrogens with one attached hydrogen (secondary N) is 1. The first kappa shape index (κ1) is 14.5. The quantitative estimate of drug-likeness (QED) is 0.767. The van der Waals surface area contributed by atoms with Crippen molar-refractivity contribution in [2.24, 2.45) is 0 Å². The fourth-order valence-electron chi connectivity index (χ4n) is 2.18. The van der Waals surface area contributed by atoms with Crippen LogP contribution in [0.15, 0.2) is 0 Å². The second-order valence-electron chi connectivity index (χ2n) is 4.51. The molecule has 0 bridgehead atoms. The Kier molecular flexibility index (Phi) is 6.29. The summed E-state index contributed by atoms with van der Waals surface area (Å²) in [6.07, 6.45) is 6.69. The van der Waals surface area contributed by atoms with Crippen LogP contribution < -0.4 is 4.72 Å². The van der Waals surface area contributed by atoms with Crippen LogP contribution in [0, 0.1) is 0 Å². The topological polar surface area (TPSA) is 46.2 Å². The number of sulfonamides is 1. The molecule has 1 aliphatic carbocycles. The molecule has 16 heavy (non-hydrogen) atoms. The van der Waals surface area contributed by atoms with Gasteiger partial charge in [0.2, 0.25) is 10.0 Å². The van der Waals surface area contributed by atoms with Crippen molar-refractivity contribution in [3.05, 3.63) is 0 Å². The lowest BCUT2D eigenvalue weighted by molar-refractivity contribution is 0.465. The molecule has 1 rings (SSSR count). The van der Waals surface area contributed by atoms with Gasteiger partial charge in [0.05, 0.1) is 5.25 Å². The third kappa shape index (κ3) is 4.34. The van der Waals surface area contributed by atoms with Crippen molar-refractivity contribution in [2.75, 3.05) is 5.33 Å². The van der Waals surface area contributed by atoms with Crippen LogP contribution in [-0.2, 0) is 10.0 Å². The number of halogens is 1. The Morgan fingerprint density at radius 1 is 1.31 bits per heavy atom. The molecule has 0 saturated heterocycles. The number of hydrogen-bond donors (Lipinski definition) is 1. The largest absolute Gasteiger partial charge is 0.214 e. The first-order chi connectivity index (χ1) is 7.60. The Hall–Kier alpha value is 0.390. The van der Waals surface area contributed by atoms with E-state index in [1.165, 1.54) is 6.42 Å². The molecule has 0 aromatic carbocycles. The fraction of sp³-hybridized carbons (Fsp3) is 1.00. The molecular weight excluding hydrogens is 290 g/mol. The Bertz CT molecular complexity index is 286. The van der Waals surface area contributed by atoms with Crippen LogP contribution in [0.4, 0.5) is 0 Å².